The fourth-order valence-electron chi connectivity index (χ4n) is 0.987. The van der Waals surface area contributed by atoms with Gasteiger partial charge >= 0.3 is 0 Å². The lowest BCUT2D eigenvalue weighted by Crippen LogP contribution is -2.19. The van der Waals surface area contributed by atoms with Crippen molar-refractivity contribution in [1.29, 1.82) is 0 Å². The molecule has 14 heavy (non-hydrogen) atoms. The number of hydrogen-bond acceptors (Lipinski definition) is 4. The molecule has 1 atom stereocenters. The average molecular weight is 214 g/mol. The number of aliphatic hydroxyl groups is 1. The Kier molecular flexibility index (Phi) is 4.16. The highest BCUT2D eigenvalue weighted by atomic mass is 32.2. The zero-order valence-corrected chi connectivity index (χ0v) is 9.12. The highest BCUT2D eigenvalue weighted by Gasteiger charge is 2.08. The molecule has 0 aliphatic rings. The van der Waals surface area contributed by atoms with E-state index in [1.807, 2.05) is 6.92 Å². The lowest BCUT2D eigenvalue weighted by molar-refractivity contribution is 0.289. The van der Waals surface area contributed by atoms with E-state index in [0.29, 0.717) is 11.4 Å². The van der Waals surface area contributed by atoms with Gasteiger partial charge in [0.15, 0.2) is 5.03 Å². The zero-order chi connectivity index (χ0) is 10.6. The number of hydrogen-bond donors (Lipinski definition) is 1. The van der Waals surface area contributed by atoms with E-state index < -0.39 is 0 Å². The van der Waals surface area contributed by atoms with E-state index in [-0.39, 0.29) is 17.4 Å². The van der Waals surface area contributed by atoms with Crippen LogP contribution in [0.25, 0.3) is 0 Å². The number of thioether (sulfide) groups is 1. The Bertz CT molecular complexity index is 351. The highest BCUT2D eigenvalue weighted by molar-refractivity contribution is 7.99. The minimum atomic E-state index is -0.0812. The minimum absolute atomic E-state index is 0.0812. The standard InChI is InChI=1S/C9H14N2O2S/c1-7(3-6-12)14-8-9(13)11(2)5-4-10-8/h4-5,7,12H,3,6H2,1-2H3. The van der Waals surface area contributed by atoms with Gasteiger partial charge in [-0.05, 0) is 6.42 Å². The fourth-order valence-corrected chi connectivity index (χ4v) is 1.96. The first-order chi connectivity index (χ1) is 6.65. The molecule has 0 aliphatic heterocycles. The molecule has 1 unspecified atom stereocenters. The van der Waals surface area contributed by atoms with E-state index in [1.54, 1.807) is 19.4 Å². The second-order valence-corrected chi connectivity index (χ2v) is 4.52. The number of aliphatic hydroxyl groups excluding tert-OH is 1. The molecule has 0 saturated heterocycles. The summed E-state index contributed by atoms with van der Waals surface area (Å²) in [5.74, 6) is 0. The van der Waals surface area contributed by atoms with Crippen LogP contribution >= 0.6 is 11.8 Å². The van der Waals surface area contributed by atoms with Crippen LogP contribution in [0.1, 0.15) is 13.3 Å². The van der Waals surface area contributed by atoms with Crippen LogP contribution in [-0.2, 0) is 7.05 Å². The molecule has 1 rings (SSSR count). The Labute approximate surface area is 87.0 Å². The van der Waals surface area contributed by atoms with Crippen molar-refractivity contribution in [3.8, 4) is 0 Å². The molecule has 0 bridgehead atoms. The molecule has 0 spiro atoms. The molecule has 0 aromatic carbocycles. The van der Waals surface area contributed by atoms with Gasteiger partial charge in [-0.3, -0.25) is 4.79 Å². The van der Waals surface area contributed by atoms with Crippen molar-refractivity contribution < 1.29 is 5.11 Å². The predicted molar refractivity (Wildman–Crippen MR) is 56.5 cm³/mol. The zero-order valence-electron chi connectivity index (χ0n) is 8.30. The van der Waals surface area contributed by atoms with Crippen molar-refractivity contribution in [3.05, 3.63) is 22.7 Å². The maximum absolute atomic E-state index is 11.5. The molecule has 0 radical (unpaired) electrons. The highest BCUT2D eigenvalue weighted by Crippen LogP contribution is 2.19. The maximum atomic E-state index is 11.5. The van der Waals surface area contributed by atoms with Crippen LogP contribution in [-0.4, -0.2) is 26.5 Å². The molecule has 1 N–H and O–H groups in total. The van der Waals surface area contributed by atoms with Crippen LogP contribution in [0, 0.1) is 0 Å². The second kappa shape index (κ2) is 5.17. The van der Waals surface area contributed by atoms with E-state index in [2.05, 4.69) is 4.98 Å². The third-order valence-corrected chi connectivity index (χ3v) is 2.98. The monoisotopic (exact) mass is 214 g/mol. The van der Waals surface area contributed by atoms with E-state index >= 15 is 0 Å². The Balaban J connectivity index is 2.77. The number of aromatic nitrogens is 2. The summed E-state index contributed by atoms with van der Waals surface area (Å²) in [5, 5.41) is 9.43. The van der Waals surface area contributed by atoms with Crippen molar-refractivity contribution in [2.75, 3.05) is 6.61 Å². The quantitative estimate of drug-likeness (QED) is 0.747. The van der Waals surface area contributed by atoms with Crippen LogP contribution in [0.2, 0.25) is 0 Å². The third-order valence-electron chi connectivity index (χ3n) is 1.83. The Morgan fingerprint density at radius 3 is 3.07 bits per heavy atom. The van der Waals surface area contributed by atoms with Gasteiger partial charge in [0.05, 0.1) is 0 Å². The molecule has 4 nitrogen and oxygen atoms in total. The van der Waals surface area contributed by atoms with E-state index in [9.17, 15) is 4.79 Å². The van der Waals surface area contributed by atoms with Crippen molar-refractivity contribution in [2.45, 2.75) is 23.6 Å². The first kappa shape index (κ1) is 11.3. The van der Waals surface area contributed by atoms with Gasteiger partial charge in [-0.2, -0.15) is 0 Å². The number of aryl methyl sites for hydroxylation is 1. The summed E-state index contributed by atoms with van der Waals surface area (Å²) >= 11 is 1.40. The molecular weight excluding hydrogens is 200 g/mol. The average Bonchev–Trinajstić information content (AvgIpc) is 2.13. The third kappa shape index (κ3) is 2.85. The van der Waals surface area contributed by atoms with Crippen LogP contribution in [0.15, 0.2) is 22.2 Å². The van der Waals surface area contributed by atoms with Gasteiger partial charge in [-0.15, -0.1) is 0 Å². The smallest absolute Gasteiger partial charge is 0.282 e. The summed E-state index contributed by atoms with van der Waals surface area (Å²) in [7, 11) is 1.70. The molecule has 5 heteroatoms. The van der Waals surface area contributed by atoms with Crippen molar-refractivity contribution >= 4 is 11.8 Å². The summed E-state index contributed by atoms with van der Waals surface area (Å²) in [4.78, 5) is 15.5. The summed E-state index contributed by atoms with van der Waals surface area (Å²) in [6.45, 7) is 2.11. The Hall–Kier alpha value is -0.810. The molecular formula is C9H14N2O2S. The SMILES string of the molecule is CC(CCO)Sc1nccn(C)c1=O. The largest absolute Gasteiger partial charge is 0.396 e. The van der Waals surface area contributed by atoms with Gasteiger partial charge in [-0.25, -0.2) is 4.98 Å². The van der Waals surface area contributed by atoms with Crippen molar-refractivity contribution in [2.24, 2.45) is 7.05 Å². The molecule has 0 amide bonds. The van der Waals surface area contributed by atoms with Gasteiger partial charge in [0.2, 0.25) is 0 Å². The summed E-state index contributed by atoms with van der Waals surface area (Å²) in [5.41, 5.74) is -0.0812. The predicted octanol–water partition coefficient (Wildman–Crippen LogP) is 0.643. The van der Waals surface area contributed by atoms with Gasteiger partial charge in [0, 0.05) is 31.3 Å². The van der Waals surface area contributed by atoms with E-state index in [4.69, 9.17) is 5.11 Å². The lowest BCUT2D eigenvalue weighted by atomic mass is 10.3. The van der Waals surface area contributed by atoms with Gasteiger partial charge < -0.3 is 9.67 Å². The minimum Gasteiger partial charge on any atom is -0.396 e. The molecule has 78 valence electrons. The van der Waals surface area contributed by atoms with E-state index in [0.717, 1.165) is 0 Å². The van der Waals surface area contributed by atoms with Gasteiger partial charge in [0.1, 0.15) is 0 Å². The van der Waals surface area contributed by atoms with Crippen molar-refractivity contribution in [1.82, 2.24) is 9.55 Å². The fraction of sp³-hybridized carbons (Fsp3) is 0.556. The summed E-state index contributed by atoms with van der Waals surface area (Å²) in [6.07, 6.45) is 3.91. The Morgan fingerprint density at radius 2 is 2.43 bits per heavy atom. The van der Waals surface area contributed by atoms with Crippen LogP contribution in [0.3, 0.4) is 0 Å². The van der Waals surface area contributed by atoms with Crippen molar-refractivity contribution in [3.63, 3.8) is 0 Å². The lowest BCUT2D eigenvalue weighted by Gasteiger charge is -2.08. The van der Waals surface area contributed by atoms with Crippen LogP contribution < -0.4 is 5.56 Å². The van der Waals surface area contributed by atoms with Crippen LogP contribution in [0.4, 0.5) is 0 Å². The molecule has 0 saturated carbocycles. The number of nitrogens with zero attached hydrogens (tertiary/aromatic N) is 2. The summed E-state index contributed by atoms with van der Waals surface area (Å²) < 4.78 is 1.50. The summed E-state index contributed by atoms with van der Waals surface area (Å²) in [6, 6.07) is 0. The topological polar surface area (TPSA) is 55.1 Å². The van der Waals surface area contributed by atoms with Gasteiger partial charge in [0.25, 0.3) is 5.56 Å². The van der Waals surface area contributed by atoms with E-state index in [1.165, 1.54) is 16.3 Å². The first-order valence-electron chi connectivity index (χ1n) is 4.44. The molecule has 0 fully saturated rings. The molecule has 1 aromatic heterocycles. The maximum Gasteiger partial charge on any atom is 0.282 e. The Morgan fingerprint density at radius 1 is 1.71 bits per heavy atom. The first-order valence-corrected chi connectivity index (χ1v) is 5.32. The molecule has 0 aliphatic carbocycles. The number of rotatable bonds is 4. The van der Waals surface area contributed by atoms with Crippen LogP contribution in [0.5, 0.6) is 0 Å². The molecule has 1 heterocycles. The molecule has 1 aromatic rings. The van der Waals surface area contributed by atoms with Gasteiger partial charge in [-0.1, -0.05) is 18.7 Å². The second-order valence-electron chi connectivity index (χ2n) is 3.09. The normalized spacial score (nSPS) is 12.8.